The molecule has 0 unspecified atom stereocenters. The molecule has 0 spiro atoms. The minimum Gasteiger partial charge on any atom is -0.390 e. The molecule has 5 nitrogen and oxygen atoms in total. The zero-order chi connectivity index (χ0) is 26.6. The van der Waals surface area contributed by atoms with Gasteiger partial charge in [-0.3, -0.25) is 0 Å². The van der Waals surface area contributed by atoms with Gasteiger partial charge in [0.1, 0.15) is 0 Å². The molecule has 210 valence electrons. The minimum atomic E-state index is -2.70. The summed E-state index contributed by atoms with van der Waals surface area (Å²) in [4.78, 5) is 0. The predicted octanol–water partition coefficient (Wildman–Crippen LogP) is 7.24. The molecule has 0 bridgehead atoms. The summed E-state index contributed by atoms with van der Waals surface area (Å²) in [5, 5.41) is 9.60. The van der Waals surface area contributed by atoms with Crippen molar-refractivity contribution in [1.82, 2.24) is 0 Å². The molecule has 6 heteroatoms. The first-order valence-corrected chi connectivity index (χ1v) is 16.1. The molecular formula is C29H58O5S. The molecule has 0 radical (unpaired) electrons. The molecule has 4 saturated carbocycles. The van der Waals surface area contributed by atoms with Crippen LogP contribution in [0.5, 0.6) is 0 Å². The van der Waals surface area contributed by atoms with E-state index in [4.69, 9.17) is 9.47 Å². The fourth-order valence-electron chi connectivity index (χ4n) is 4.65. The second-order valence-corrected chi connectivity index (χ2v) is 14.9. The molecule has 4 rings (SSSR count). The van der Waals surface area contributed by atoms with Gasteiger partial charge in [0.25, 0.3) is 0 Å². The van der Waals surface area contributed by atoms with Gasteiger partial charge in [-0.2, -0.15) is 0 Å². The molecule has 0 aliphatic heterocycles. The van der Waals surface area contributed by atoms with Crippen LogP contribution in [0.15, 0.2) is 0 Å². The van der Waals surface area contributed by atoms with Crippen molar-refractivity contribution in [1.29, 1.82) is 0 Å². The van der Waals surface area contributed by atoms with Crippen LogP contribution in [-0.4, -0.2) is 54.0 Å². The third-order valence-corrected chi connectivity index (χ3v) is 10.2. The van der Waals surface area contributed by atoms with Crippen molar-refractivity contribution in [3.63, 3.8) is 0 Å². The Balaban J connectivity index is 0.000000234. The highest BCUT2D eigenvalue weighted by molar-refractivity contribution is 7.92. The quantitative estimate of drug-likeness (QED) is 0.385. The smallest absolute Gasteiger partial charge is 0.155 e. The van der Waals surface area contributed by atoms with E-state index in [1.807, 2.05) is 0 Å². The van der Waals surface area contributed by atoms with Crippen molar-refractivity contribution >= 4 is 9.84 Å². The number of hydrogen-bond acceptors (Lipinski definition) is 5. The number of hydrogen-bond donors (Lipinski definition) is 1. The monoisotopic (exact) mass is 518 g/mol. The molecule has 0 aromatic rings. The summed E-state index contributed by atoms with van der Waals surface area (Å²) >= 11 is 0. The number of ether oxygens (including phenoxy) is 2. The van der Waals surface area contributed by atoms with Crippen LogP contribution in [0, 0.1) is 5.92 Å². The summed E-state index contributed by atoms with van der Waals surface area (Å²) in [6.07, 6.45) is 17.6. The highest BCUT2D eigenvalue weighted by Crippen LogP contribution is 2.35. The first kappa shape index (κ1) is 32.9. The molecule has 0 atom stereocenters. The summed E-state index contributed by atoms with van der Waals surface area (Å²) in [6.45, 7) is 16.1. The van der Waals surface area contributed by atoms with Crippen LogP contribution >= 0.6 is 0 Å². The highest BCUT2D eigenvalue weighted by Gasteiger charge is 2.37. The second kappa shape index (κ2) is 15.9. The third kappa shape index (κ3) is 13.3. The molecule has 0 heterocycles. The number of aliphatic hydroxyl groups is 1. The Bertz CT molecular complexity index is 628. The van der Waals surface area contributed by atoms with E-state index < -0.39 is 9.84 Å². The number of sulfone groups is 1. The first-order chi connectivity index (χ1) is 16.3. The molecule has 1 N–H and O–H groups in total. The van der Waals surface area contributed by atoms with Gasteiger partial charge >= 0.3 is 0 Å². The van der Waals surface area contributed by atoms with E-state index in [0.717, 1.165) is 25.7 Å². The maximum atomic E-state index is 11.1. The maximum absolute atomic E-state index is 11.1. The van der Waals surface area contributed by atoms with E-state index in [1.165, 1.54) is 57.8 Å². The van der Waals surface area contributed by atoms with Crippen LogP contribution in [0.3, 0.4) is 0 Å². The van der Waals surface area contributed by atoms with Gasteiger partial charge in [0.05, 0.1) is 40.5 Å². The van der Waals surface area contributed by atoms with E-state index >= 15 is 0 Å². The normalized spacial score (nSPS) is 22.3. The summed E-state index contributed by atoms with van der Waals surface area (Å²) < 4.78 is 33.3. The van der Waals surface area contributed by atoms with Crippen LogP contribution < -0.4 is 0 Å². The second-order valence-electron chi connectivity index (χ2n) is 12.1. The van der Waals surface area contributed by atoms with Crippen LogP contribution in [0.2, 0.25) is 0 Å². The standard InChI is InChI=1S/2C8H16O.C7H14O.C6H12O2S/c1-7(2)9-8-5-3-4-6-8;1-7(2)8(9)5-3-4-6-8;1-6(2)8-7-4-3-5-7;1-5(2)9(7,8)6-3-4-6/h7-8H,3-6H2,1-2H3;7,9H,3-6H2,1-2H3;6-7H,3-5H2,1-2H3;5-6H,3-4H2,1-2H3. The lowest BCUT2D eigenvalue weighted by Crippen LogP contribution is -2.30. The van der Waals surface area contributed by atoms with E-state index in [9.17, 15) is 13.5 Å². The largest absolute Gasteiger partial charge is 0.390 e. The number of rotatable bonds is 7. The maximum Gasteiger partial charge on any atom is 0.155 e. The van der Waals surface area contributed by atoms with Crippen molar-refractivity contribution < 1.29 is 23.0 Å². The average Bonchev–Trinajstić information content (AvgIpc) is 3.31. The van der Waals surface area contributed by atoms with Gasteiger partial charge in [0.15, 0.2) is 9.84 Å². The molecule has 4 fully saturated rings. The van der Waals surface area contributed by atoms with Crippen molar-refractivity contribution in [2.75, 3.05) is 0 Å². The summed E-state index contributed by atoms with van der Waals surface area (Å²) in [7, 11) is -2.70. The topological polar surface area (TPSA) is 72.8 Å². The van der Waals surface area contributed by atoms with Gasteiger partial charge in [-0.05, 0) is 105 Å². The summed E-state index contributed by atoms with van der Waals surface area (Å²) in [6, 6.07) is 0. The van der Waals surface area contributed by atoms with E-state index in [2.05, 4.69) is 41.5 Å². The van der Waals surface area contributed by atoms with Crippen LogP contribution in [0.25, 0.3) is 0 Å². The van der Waals surface area contributed by atoms with Crippen LogP contribution in [0.1, 0.15) is 139 Å². The van der Waals surface area contributed by atoms with Crippen molar-refractivity contribution in [2.24, 2.45) is 5.92 Å². The molecule has 4 aliphatic rings. The van der Waals surface area contributed by atoms with E-state index in [0.29, 0.717) is 30.3 Å². The van der Waals surface area contributed by atoms with E-state index in [-0.39, 0.29) is 16.1 Å². The Morgan fingerprint density at radius 1 is 0.657 bits per heavy atom. The fourth-order valence-corrected chi connectivity index (χ4v) is 6.21. The lowest BCUT2D eigenvalue weighted by atomic mass is 9.89. The summed E-state index contributed by atoms with van der Waals surface area (Å²) in [5.41, 5.74) is -0.306. The Labute approximate surface area is 218 Å². The highest BCUT2D eigenvalue weighted by atomic mass is 32.2. The molecule has 0 amide bonds. The average molecular weight is 519 g/mol. The SMILES string of the molecule is CC(C)C1(O)CCCC1.CC(C)OC1CCC1.CC(C)OC1CCCC1.CC(C)S(=O)(=O)C1CC1. The summed E-state index contributed by atoms with van der Waals surface area (Å²) in [5.74, 6) is 0.444. The van der Waals surface area contributed by atoms with E-state index in [1.54, 1.807) is 13.8 Å². The zero-order valence-electron chi connectivity index (χ0n) is 24.2. The van der Waals surface area contributed by atoms with Crippen molar-refractivity contribution in [3.05, 3.63) is 0 Å². The zero-order valence-corrected chi connectivity index (χ0v) is 25.0. The molecule has 35 heavy (non-hydrogen) atoms. The minimum absolute atomic E-state index is 0.0116. The lowest BCUT2D eigenvalue weighted by molar-refractivity contribution is -0.0347. The van der Waals surface area contributed by atoms with Gasteiger partial charge in [-0.15, -0.1) is 0 Å². The van der Waals surface area contributed by atoms with Crippen LogP contribution in [0.4, 0.5) is 0 Å². The van der Waals surface area contributed by atoms with Gasteiger partial charge in [0.2, 0.25) is 0 Å². The van der Waals surface area contributed by atoms with Gasteiger partial charge < -0.3 is 14.6 Å². The van der Waals surface area contributed by atoms with Gasteiger partial charge in [-0.1, -0.05) is 39.5 Å². The molecular weight excluding hydrogens is 460 g/mol. The third-order valence-electron chi connectivity index (χ3n) is 7.47. The fraction of sp³-hybridized carbons (Fsp3) is 1.00. The molecule has 0 saturated heterocycles. The molecule has 4 aliphatic carbocycles. The Hall–Kier alpha value is -0.170. The van der Waals surface area contributed by atoms with Crippen LogP contribution in [-0.2, 0) is 19.3 Å². The lowest BCUT2D eigenvalue weighted by Gasteiger charge is -2.27. The Morgan fingerprint density at radius 3 is 1.26 bits per heavy atom. The predicted molar refractivity (Wildman–Crippen MR) is 148 cm³/mol. The van der Waals surface area contributed by atoms with Gasteiger partial charge in [0, 0.05) is 0 Å². The molecule has 0 aromatic carbocycles. The Morgan fingerprint density at radius 2 is 1.06 bits per heavy atom. The molecule has 0 aromatic heterocycles. The van der Waals surface area contributed by atoms with Crippen molar-refractivity contribution in [3.8, 4) is 0 Å². The first-order valence-electron chi connectivity index (χ1n) is 14.5. The Kier molecular flexibility index (Phi) is 15.0. The van der Waals surface area contributed by atoms with Crippen molar-refractivity contribution in [2.45, 2.75) is 179 Å². The van der Waals surface area contributed by atoms with Gasteiger partial charge in [-0.25, -0.2) is 8.42 Å².